The lowest BCUT2D eigenvalue weighted by molar-refractivity contribution is 0.598. The largest absolute Gasteiger partial charge is 0.353 e. The molecule has 0 radical (unpaired) electrons. The minimum Gasteiger partial charge on any atom is -0.353 e. The Labute approximate surface area is 112 Å². The summed E-state index contributed by atoms with van der Waals surface area (Å²) in [5, 5.41) is 5.45. The molecule has 0 atom stereocenters. The van der Waals surface area contributed by atoms with Gasteiger partial charge in [-0.15, -0.1) is 11.3 Å². The van der Waals surface area contributed by atoms with Crippen molar-refractivity contribution < 1.29 is 0 Å². The van der Waals surface area contributed by atoms with Gasteiger partial charge in [-0.25, -0.2) is 0 Å². The Morgan fingerprint density at radius 1 is 1.35 bits per heavy atom. The number of rotatable bonds is 5. The van der Waals surface area contributed by atoms with E-state index in [0.29, 0.717) is 0 Å². The van der Waals surface area contributed by atoms with Crippen molar-refractivity contribution in [2.75, 3.05) is 6.54 Å². The molecule has 0 aromatic carbocycles. The van der Waals surface area contributed by atoms with E-state index in [1.807, 2.05) is 17.0 Å². The van der Waals surface area contributed by atoms with E-state index < -0.39 is 0 Å². The second-order valence-corrected chi connectivity index (χ2v) is 5.59. The van der Waals surface area contributed by atoms with Crippen molar-refractivity contribution in [2.45, 2.75) is 13.1 Å². The normalized spacial score (nSPS) is 10.6. The number of hydrogen-bond donors (Lipinski definition) is 1. The monoisotopic (exact) mass is 312 g/mol. The molecule has 2 aromatic heterocycles. The van der Waals surface area contributed by atoms with Crippen molar-refractivity contribution in [3.8, 4) is 0 Å². The van der Waals surface area contributed by atoms with Crippen molar-refractivity contribution in [3.63, 3.8) is 0 Å². The van der Waals surface area contributed by atoms with Crippen LogP contribution in [0, 0.1) is 0 Å². The molecule has 1 N–H and O–H groups in total. The highest BCUT2D eigenvalue weighted by Gasteiger charge is 1.96. The maximum absolute atomic E-state index is 10.9. The lowest BCUT2D eigenvalue weighted by atomic mass is 10.4. The second-order valence-electron chi connectivity index (χ2n) is 3.68. The molecule has 90 valence electrons. The van der Waals surface area contributed by atoms with E-state index in [9.17, 15) is 4.79 Å². The molecule has 0 aliphatic rings. The third-order valence-corrected chi connectivity index (χ3v) is 4.03. The van der Waals surface area contributed by atoms with Gasteiger partial charge in [-0.2, -0.15) is 0 Å². The van der Waals surface area contributed by atoms with Crippen LogP contribution < -0.4 is 10.7 Å². The summed E-state index contributed by atoms with van der Waals surface area (Å²) in [6.45, 7) is 2.64. The molecule has 5 heteroatoms. The Hall–Kier alpha value is -0.910. The highest BCUT2D eigenvalue weighted by molar-refractivity contribution is 9.10. The maximum Gasteiger partial charge on any atom is 0.181 e. The van der Waals surface area contributed by atoms with Crippen LogP contribution in [0.2, 0.25) is 0 Å². The predicted molar refractivity (Wildman–Crippen MR) is 74.4 cm³/mol. The van der Waals surface area contributed by atoms with Crippen molar-refractivity contribution in [1.82, 2.24) is 9.88 Å². The summed E-state index contributed by atoms with van der Waals surface area (Å²) >= 11 is 5.17. The lowest BCUT2D eigenvalue weighted by Crippen LogP contribution is -2.19. The minimum atomic E-state index is 0.0534. The second kappa shape index (κ2) is 6.14. The van der Waals surface area contributed by atoms with Crippen LogP contribution >= 0.6 is 27.3 Å². The van der Waals surface area contributed by atoms with Crippen LogP contribution in [0.15, 0.2) is 45.2 Å². The summed E-state index contributed by atoms with van der Waals surface area (Å²) in [7, 11) is 0. The van der Waals surface area contributed by atoms with Crippen molar-refractivity contribution >= 4 is 27.3 Å². The van der Waals surface area contributed by atoms with Crippen LogP contribution in [0.25, 0.3) is 0 Å². The predicted octanol–water partition coefficient (Wildman–Crippen LogP) is 2.46. The minimum absolute atomic E-state index is 0.0534. The third-order valence-electron chi connectivity index (χ3n) is 2.33. The zero-order chi connectivity index (χ0) is 12.1. The number of halogens is 1. The average Bonchev–Trinajstić information content (AvgIpc) is 2.73. The molecule has 0 amide bonds. The van der Waals surface area contributed by atoms with Gasteiger partial charge in [0.1, 0.15) is 0 Å². The molecule has 0 aliphatic heterocycles. The number of pyridine rings is 1. The molecular formula is C12H13BrN2OS. The first-order valence-electron chi connectivity index (χ1n) is 5.34. The van der Waals surface area contributed by atoms with E-state index in [1.165, 1.54) is 4.88 Å². The number of nitrogens with one attached hydrogen (secondary N) is 1. The van der Waals surface area contributed by atoms with Crippen LogP contribution in [-0.4, -0.2) is 11.1 Å². The first-order chi connectivity index (χ1) is 8.24. The molecule has 2 heterocycles. The number of aromatic nitrogens is 1. The van der Waals surface area contributed by atoms with E-state index in [0.717, 1.165) is 24.1 Å². The zero-order valence-corrected chi connectivity index (χ0v) is 11.6. The standard InChI is InChI=1S/C12H13BrN2OS/c13-10-7-12(17-9-10)8-14-3-6-15-4-1-11(16)2-5-15/h1-2,4-5,7,9,14H,3,6,8H2. The molecule has 2 rings (SSSR count). The van der Waals surface area contributed by atoms with E-state index in [1.54, 1.807) is 23.5 Å². The summed E-state index contributed by atoms with van der Waals surface area (Å²) in [5.41, 5.74) is 0.0534. The maximum atomic E-state index is 10.9. The smallest absolute Gasteiger partial charge is 0.181 e. The fraction of sp³-hybridized carbons (Fsp3) is 0.250. The Morgan fingerprint density at radius 2 is 2.12 bits per heavy atom. The molecule has 0 saturated heterocycles. The molecule has 17 heavy (non-hydrogen) atoms. The van der Waals surface area contributed by atoms with Gasteiger partial charge in [0.2, 0.25) is 0 Å². The Balaban J connectivity index is 1.73. The molecule has 2 aromatic rings. The van der Waals surface area contributed by atoms with Gasteiger partial charge in [0.25, 0.3) is 0 Å². The fourth-order valence-corrected chi connectivity index (χ4v) is 2.88. The van der Waals surface area contributed by atoms with E-state index in [-0.39, 0.29) is 5.43 Å². The summed E-state index contributed by atoms with van der Waals surface area (Å²) in [6, 6.07) is 5.28. The fourth-order valence-electron chi connectivity index (χ4n) is 1.46. The van der Waals surface area contributed by atoms with Crippen LogP contribution in [0.5, 0.6) is 0 Å². The van der Waals surface area contributed by atoms with E-state index in [4.69, 9.17) is 0 Å². The summed E-state index contributed by atoms with van der Waals surface area (Å²) in [5.74, 6) is 0. The van der Waals surface area contributed by atoms with Crippen LogP contribution in [0.3, 0.4) is 0 Å². The first-order valence-corrected chi connectivity index (χ1v) is 7.01. The Kier molecular flexibility index (Phi) is 4.53. The highest BCUT2D eigenvalue weighted by Crippen LogP contribution is 2.19. The first kappa shape index (κ1) is 12.5. The van der Waals surface area contributed by atoms with E-state index in [2.05, 4.69) is 32.7 Å². The molecule has 3 nitrogen and oxygen atoms in total. The topological polar surface area (TPSA) is 34.0 Å². The highest BCUT2D eigenvalue weighted by atomic mass is 79.9. The molecule has 0 saturated carbocycles. The molecular weight excluding hydrogens is 300 g/mol. The van der Waals surface area contributed by atoms with Gasteiger partial charge in [0.05, 0.1) is 0 Å². The molecule has 0 unspecified atom stereocenters. The number of thiophene rings is 1. The number of hydrogen-bond acceptors (Lipinski definition) is 3. The van der Waals surface area contributed by atoms with Crippen LogP contribution in [0.1, 0.15) is 4.88 Å². The van der Waals surface area contributed by atoms with Crippen molar-refractivity contribution in [3.05, 3.63) is 55.5 Å². The van der Waals surface area contributed by atoms with Gasteiger partial charge in [-0.1, -0.05) is 0 Å². The van der Waals surface area contributed by atoms with E-state index >= 15 is 0 Å². The SMILES string of the molecule is O=c1ccn(CCNCc2cc(Br)cs2)cc1. The van der Waals surface area contributed by atoms with Gasteiger partial charge in [0, 0.05) is 58.9 Å². The number of nitrogens with zero attached hydrogens (tertiary/aromatic N) is 1. The van der Waals surface area contributed by atoms with Gasteiger partial charge in [0.15, 0.2) is 5.43 Å². The van der Waals surface area contributed by atoms with Gasteiger partial charge < -0.3 is 9.88 Å². The van der Waals surface area contributed by atoms with Crippen molar-refractivity contribution in [1.29, 1.82) is 0 Å². The zero-order valence-electron chi connectivity index (χ0n) is 9.23. The van der Waals surface area contributed by atoms with Crippen LogP contribution in [-0.2, 0) is 13.1 Å². The van der Waals surface area contributed by atoms with Gasteiger partial charge in [-0.05, 0) is 22.0 Å². The average molecular weight is 313 g/mol. The van der Waals surface area contributed by atoms with Gasteiger partial charge >= 0.3 is 0 Å². The van der Waals surface area contributed by atoms with Gasteiger partial charge in [-0.3, -0.25) is 4.79 Å². The van der Waals surface area contributed by atoms with Crippen molar-refractivity contribution in [2.24, 2.45) is 0 Å². The summed E-state index contributed by atoms with van der Waals surface area (Å²) < 4.78 is 3.14. The molecule has 0 bridgehead atoms. The molecule has 0 fully saturated rings. The van der Waals surface area contributed by atoms with Crippen LogP contribution in [0.4, 0.5) is 0 Å². The quantitative estimate of drug-likeness (QED) is 0.861. The molecule has 0 spiro atoms. The third kappa shape index (κ3) is 4.11. The summed E-state index contributed by atoms with van der Waals surface area (Å²) in [4.78, 5) is 12.2. The summed E-state index contributed by atoms with van der Waals surface area (Å²) in [6.07, 6.45) is 3.62. The lowest BCUT2D eigenvalue weighted by Gasteiger charge is -2.06. The molecule has 0 aliphatic carbocycles. The Morgan fingerprint density at radius 3 is 2.76 bits per heavy atom. The Bertz CT molecular complexity index is 515.